The van der Waals surface area contributed by atoms with Crippen molar-refractivity contribution >= 4 is 39.1 Å². The van der Waals surface area contributed by atoms with Gasteiger partial charge in [-0.2, -0.15) is 0 Å². The van der Waals surface area contributed by atoms with Gasteiger partial charge in [0.05, 0.1) is 0 Å². The molecule has 2 heterocycles. The average Bonchev–Trinajstić information content (AvgIpc) is 2.94. The molecule has 0 atom stereocenters. The van der Waals surface area contributed by atoms with Crippen LogP contribution in [0.3, 0.4) is 0 Å². The molecule has 2 aromatic heterocycles. The number of aryl methyl sites for hydroxylation is 1. The second kappa shape index (κ2) is 5.53. The second-order valence-corrected chi connectivity index (χ2v) is 6.19. The van der Waals surface area contributed by atoms with Crippen LogP contribution in [0.2, 0.25) is 0 Å². The standard InChI is InChI=1S/C19H19N5/c1-12-4-9-16-15(10-12)17-18(23-16)19(21-11-20-17)22-13-5-7-14(8-6-13)24(2)3/h4-11,23H,1-3H3,(H,20,21,22). The van der Waals surface area contributed by atoms with Gasteiger partial charge in [0.1, 0.15) is 17.4 Å². The molecular formula is C19H19N5. The van der Waals surface area contributed by atoms with E-state index in [0.717, 1.165) is 39.1 Å². The van der Waals surface area contributed by atoms with Gasteiger partial charge in [0.25, 0.3) is 0 Å². The highest BCUT2D eigenvalue weighted by Crippen LogP contribution is 2.29. The minimum atomic E-state index is 0.784. The Morgan fingerprint density at radius 1 is 1.00 bits per heavy atom. The molecule has 4 aromatic rings. The number of hydrogen-bond acceptors (Lipinski definition) is 4. The zero-order valence-electron chi connectivity index (χ0n) is 14.0. The van der Waals surface area contributed by atoms with Crippen molar-refractivity contribution in [3.05, 3.63) is 54.4 Å². The lowest BCUT2D eigenvalue weighted by Crippen LogP contribution is -2.08. The molecule has 0 aliphatic carbocycles. The summed E-state index contributed by atoms with van der Waals surface area (Å²) in [4.78, 5) is 14.4. The van der Waals surface area contributed by atoms with Crippen LogP contribution in [0.5, 0.6) is 0 Å². The van der Waals surface area contributed by atoms with Gasteiger partial charge in [0, 0.05) is 36.4 Å². The first kappa shape index (κ1) is 14.5. The third-order valence-corrected chi connectivity index (χ3v) is 4.18. The Labute approximate surface area is 140 Å². The van der Waals surface area contributed by atoms with Crippen LogP contribution in [0, 0.1) is 6.92 Å². The fourth-order valence-corrected chi connectivity index (χ4v) is 2.88. The number of hydrogen-bond donors (Lipinski definition) is 2. The average molecular weight is 317 g/mol. The molecule has 0 unspecified atom stereocenters. The molecule has 0 amide bonds. The number of rotatable bonds is 3. The third kappa shape index (κ3) is 2.44. The van der Waals surface area contributed by atoms with Gasteiger partial charge in [-0.15, -0.1) is 0 Å². The molecule has 0 radical (unpaired) electrons. The van der Waals surface area contributed by atoms with Crippen LogP contribution in [0.1, 0.15) is 5.56 Å². The van der Waals surface area contributed by atoms with E-state index in [1.54, 1.807) is 6.33 Å². The van der Waals surface area contributed by atoms with Crippen LogP contribution in [-0.4, -0.2) is 29.0 Å². The van der Waals surface area contributed by atoms with Crippen molar-refractivity contribution in [2.24, 2.45) is 0 Å². The van der Waals surface area contributed by atoms with Crippen molar-refractivity contribution in [1.29, 1.82) is 0 Å². The fraction of sp³-hybridized carbons (Fsp3) is 0.158. The van der Waals surface area contributed by atoms with Crippen LogP contribution >= 0.6 is 0 Å². The van der Waals surface area contributed by atoms with Crippen molar-refractivity contribution < 1.29 is 0 Å². The fourth-order valence-electron chi connectivity index (χ4n) is 2.88. The number of H-pyrrole nitrogens is 1. The summed E-state index contributed by atoms with van der Waals surface area (Å²) < 4.78 is 0. The van der Waals surface area contributed by atoms with Crippen molar-refractivity contribution in [2.45, 2.75) is 6.92 Å². The maximum absolute atomic E-state index is 4.46. The first-order valence-electron chi connectivity index (χ1n) is 7.89. The molecule has 5 nitrogen and oxygen atoms in total. The molecule has 4 rings (SSSR count). The summed E-state index contributed by atoms with van der Waals surface area (Å²) in [5.41, 5.74) is 6.31. The minimum absolute atomic E-state index is 0.784. The van der Waals surface area contributed by atoms with Gasteiger partial charge in [0.15, 0.2) is 5.82 Å². The number of nitrogens with one attached hydrogen (secondary N) is 2. The van der Waals surface area contributed by atoms with E-state index in [-0.39, 0.29) is 0 Å². The van der Waals surface area contributed by atoms with E-state index in [0.29, 0.717) is 0 Å². The van der Waals surface area contributed by atoms with E-state index < -0.39 is 0 Å². The van der Waals surface area contributed by atoms with Crippen LogP contribution in [-0.2, 0) is 0 Å². The molecule has 0 aliphatic rings. The first-order valence-corrected chi connectivity index (χ1v) is 7.89. The van der Waals surface area contributed by atoms with E-state index in [2.05, 4.69) is 74.6 Å². The summed E-state index contributed by atoms with van der Waals surface area (Å²) in [5, 5.41) is 4.51. The van der Waals surface area contributed by atoms with Gasteiger partial charge in [-0.3, -0.25) is 0 Å². The van der Waals surface area contributed by atoms with Gasteiger partial charge in [-0.1, -0.05) is 11.6 Å². The number of benzene rings is 2. The summed E-state index contributed by atoms with van der Waals surface area (Å²) in [6, 6.07) is 14.6. The molecule has 5 heteroatoms. The Hall–Kier alpha value is -3.08. The quantitative estimate of drug-likeness (QED) is 0.594. The molecule has 0 saturated heterocycles. The largest absolute Gasteiger partial charge is 0.378 e. The molecule has 24 heavy (non-hydrogen) atoms. The number of fused-ring (bicyclic) bond motifs is 3. The highest BCUT2D eigenvalue weighted by Gasteiger charge is 2.11. The zero-order chi connectivity index (χ0) is 16.7. The predicted molar refractivity (Wildman–Crippen MR) is 100 cm³/mol. The number of aromatic amines is 1. The van der Waals surface area contributed by atoms with Crippen LogP contribution in [0.25, 0.3) is 21.9 Å². The molecule has 2 N–H and O–H groups in total. The van der Waals surface area contributed by atoms with E-state index in [9.17, 15) is 0 Å². The summed E-state index contributed by atoms with van der Waals surface area (Å²) >= 11 is 0. The molecule has 0 spiro atoms. The van der Waals surface area contributed by atoms with Gasteiger partial charge in [-0.05, 0) is 43.3 Å². The SMILES string of the molecule is Cc1ccc2[nH]c3c(Nc4ccc(N(C)C)cc4)ncnc3c2c1. The molecule has 0 bridgehead atoms. The molecular weight excluding hydrogens is 298 g/mol. The van der Waals surface area contributed by atoms with Crippen molar-refractivity contribution in [3.8, 4) is 0 Å². The molecule has 0 aliphatic heterocycles. The van der Waals surface area contributed by atoms with E-state index in [4.69, 9.17) is 0 Å². The lowest BCUT2D eigenvalue weighted by Gasteiger charge is -2.13. The van der Waals surface area contributed by atoms with Crippen molar-refractivity contribution in [1.82, 2.24) is 15.0 Å². The zero-order valence-corrected chi connectivity index (χ0v) is 14.0. The summed E-state index contributed by atoms with van der Waals surface area (Å²) in [6.07, 6.45) is 1.61. The first-order chi connectivity index (χ1) is 11.6. The minimum Gasteiger partial charge on any atom is -0.378 e. The smallest absolute Gasteiger partial charge is 0.158 e. The normalized spacial score (nSPS) is 11.1. The van der Waals surface area contributed by atoms with Crippen molar-refractivity contribution in [3.63, 3.8) is 0 Å². The molecule has 0 saturated carbocycles. The molecule has 120 valence electrons. The Morgan fingerprint density at radius 2 is 1.79 bits per heavy atom. The monoisotopic (exact) mass is 317 g/mol. The summed E-state index contributed by atoms with van der Waals surface area (Å²) in [6.45, 7) is 2.09. The lowest BCUT2D eigenvalue weighted by atomic mass is 10.1. The van der Waals surface area contributed by atoms with Crippen LogP contribution in [0.4, 0.5) is 17.2 Å². The Morgan fingerprint density at radius 3 is 2.54 bits per heavy atom. The number of anilines is 3. The van der Waals surface area contributed by atoms with Gasteiger partial charge in [-0.25, -0.2) is 9.97 Å². The van der Waals surface area contributed by atoms with Crippen molar-refractivity contribution in [2.75, 3.05) is 24.3 Å². The summed E-state index contributed by atoms with van der Waals surface area (Å²) in [5.74, 6) is 0.784. The van der Waals surface area contributed by atoms with E-state index in [1.165, 1.54) is 5.56 Å². The number of aromatic nitrogens is 3. The van der Waals surface area contributed by atoms with Gasteiger partial charge >= 0.3 is 0 Å². The maximum Gasteiger partial charge on any atom is 0.158 e. The highest BCUT2D eigenvalue weighted by atomic mass is 15.1. The molecule has 0 fully saturated rings. The Kier molecular flexibility index (Phi) is 3.34. The van der Waals surface area contributed by atoms with Gasteiger partial charge < -0.3 is 15.2 Å². The van der Waals surface area contributed by atoms with Crippen LogP contribution < -0.4 is 10.2 Å². The van der Waals surface area contributed by atoms with E-state index in [1.807, 2.05) is 14.1 Å². The molecule has 2 aromatic carbocycles. The van der Waals surface area contributed by atoms with E-state index >= 15 is 0 Å². The third-order valence-electron chi connectivity index (χ3n) is 4.18. The maximum atomic E-state index is 4.46. The Bertz CT molecular complexity index is 1020. The summed E-state index contributed by atoms with van der Waals surface area (Å²) in [7, 11) is 4.06. The number of nitrogens with zero attached hydrogens (tertiary/aromatic N) is 3. The lowest BCUT2D eigenvalue weighted by molar-refractivity contribution is 1.13. The second-order valence-electron chi connectivity index (χ2n) is 6.19. The Balaban J connectivity index is 1.77. The highest BCUT2D eigenvalue weighted by molar-refractivity contribution is 6.08. The predicted octanol–water partition coefficient (Wildman–Crippen LogP) is 4.23. The topological polar surface area (TPSA) is 56.8 Å². The van der Waals surface area contributed by atoms with Crippen LogP contribution in [0.15, 0.2) is 48.8 Å². The van der Waals surface area contributed by atoms with Gasteiger partial charge in [0.2, 0.25) is 0 Å².